The Morgan fingerprint density at radius 1 is 1.30 bits per heavy atom. The van der Waals surface area contributed by atoms with Gasteiger partial charge in [-0.1, -0.05) is 29.2 Å². The highest BCUT2D eigenvalue weighted by molar-refractivity contribution is 8.31. The van der Waals surface area contributed by atoms with Crippen LogP contribution in [0.1, 0.15) is 54.5 Å². The number of aromatic nitrogens is 2. The fraction of sp³-hybridized carbons (Fsp3) is 0.350. The standard InChI is InChI=1S/C20H20N2O3S2/c1-4-25-19(23)15-12-21-18(22-13-15)8-6-14-5-7-17-16(11-14)20(2,3)9-10-27(17)26-24/h5,7,11-13H,4,9-10H2,1-3H3. The number of esters is 1. The molecule has 0 saturated carbocycles. The molecular formula is C20H20N2O3S2. The summed E-state index contributed by atoms with van der Waals surface area (Å²) in [5, 5.41) is 0. The van der Waals surface area contributed by atoms with Crippen LogP contribution in [0.5, 0.6) is 0 Å². The first kappa shape index (κ1) is 19.5. The molecule has 0 spiro atoms. The fourth-order valence-electron chi connectivity index (χ4n) is 2.84. The monoisotopic (exact) mass is 400 g/mol. The Balaban J connectivity index is 1.88. The first-order chi connectivity index (χ1) is 12.9. The van der Waals surface area contributed by atoms with Crippen LogP contribution in [-0.4, -0.2) is 32.5 Å². The summed E-state index contributed by atoms with van der Waals surface area (Å²) in [6.45, 7) is 6.46. The van der Waals surface area contributed by atoms with Gasteiger partial charge in [-0.3, -0.25) is 0 Å². The number of hydrogen-bond donors (Lipinski definition) is 0. The van der Waals surface area contributed by atoms with Gasteiger partial charge < -0.3 is 4.74 Å². The van der Waals surface area contributed by atoms with Gasteiger partial charge in [-0.25, -0.2) is 19.0 Å². The summed E-state index contributed by atoms with van der Waals surface area (Å²) in [5.41, 5.74) is 2.40. The molecule has 0 bridgehead atoms. The zero-order chi connectivity index (χ0) is 19.4. The van der Waals surface area contributed by atoms with Crippen LogP contribution in [-0.2, 0) is 29.8 Å². The molecule has 0 N–H and O–H groups in total. The number of fused-ring (bicyclic) bond motifs is 1. The molecule has 2 aromatic rings. The molecular weight excluding hydrogens is 380 g/mol. The zero-order valence-electron chi connectivity index (χ0n) is 15.4. The largest absolute Gasteiger partial charge is 0.462 e. The molecule has 7 heteroatoms. The summed E-state index contributed by atoms with van der Waals surface area (Å²) >= 11 is 0. The van der Waals surface area contributed by atoms with Crippen molar-refractivity contribution in [3.05, 3.63) is 53.1 Å². The summed E-state index contributed by atoms with van der Waals surface area (Å²) in [4.78, 5) is 21.0. The molecule has 1 aromatic carbocycles. The van der Waals surface area contributed by atoms with Gasteiger partial charge in [-0.2, -0.15) is 0 Å². The summed E-state index contributed by atoms with van der Waals surface area (Å²) in [6, 6.07) is 6.04. The molecule has 140 valence electrons. The van der Waals surface area contributed by atoms with Gasteiger partial charge in [0.1, 0.15) is 10.2 Å². The minimum atomic E-state index is -0.444. The van der Waals surface area contributed by atoms with Gasteiger partial charge in [-0.05, 0) is 48.4 Å². The molecule has 1 atom stereocenters. The maximum Gasteiger partial charge on any atom is 0.341 e. The Hall–Kier alpha value is -2.30. The van der Waals surface area contributed by atoms with Crippen molar-refractivity contribution in [1.82, 2.24) is 9.97 Å². The van der Waals surface area contributed by atoms with Crippen molar-refractivity contribution < 1.29 is 13.7 Å². The van der Waals surface area contributed by atoms with E-state index in [0.29, 0.717) is 28.2 Å². The molecule has 1 unspecified atom stereocenters. The van der Waals surface area contributed by atoms with Crippen LogP contribution < -0.4 is 0 Å². The summed E-state index contributed by atoms with van der Waals surface area (Å²) in [6.07, 6.45) is 3.83. The molecule has 1 aliphatic heterocycles. The lowest BCUT2D eigenvalue weighted by Crippen LogP contribution is -2.27. The summed E-state index contributed by atoms with van der Waals surface area (Å²) in [7, 11) is 0.410. The van der Waals surface area contributed by atoms with Gasteiger partial charge in [0, 0.05) is 28.6 Å². The SMILES string of the molecule is CCOC(=O)c1cnc(C#Cc2ccc3c(c2)C(C)(C)CCS3=S=O)nc1. The van der Waals surface area contributed by atoms with Crippen molar-refractivity contribution in [3.8, 4) is 11.8 Å². The van der Waals surface area contributed by atoms with Crippen LogP contribution in [0, 0.1) is 11.8 Å². The Kier molecular flexibility index (Phi) is 5.88. The highest BCUT2D eigenvalue weighted by atomic mass is 32.8. The molecule has 0 fully saturated rings. The van der Waals surface area contributed by atoms with E-state index in [-0.39, 0.29) is 14.9 Å². The van der Waals surface area contributed by atoms with E-state index in [2.05, 4.69) is 41.7 Å². The lowest BCUT2D eigenvalue weighted by atomic mass is 9.81. The first-order valence-electron chi connectivity index (χ1n) is 8.61. The van der Waals surface area contributed by atoms with Crippen molar-refractivity contribution in [2.45, 2.75) is 37.5 Å². The van der Waals surface area contributed by atoms with Gasteiger partial charge in [-0.15, -0.1) is 0 Å². The van der Waals surface area contributed by atoms with Crippen LogP contribution in [0.4, 0.5) is 0 Å². The molecule has 1 aromatic heterocycles. The number of carbonyl (C=O) groups excluding carboxylic acids is 1. The Bertz CT molecular complexity index is 998. The number of hydrogen-bond acceptors (Lipinski definition) is 5. The average Bonchev–Trinajstić information content (AvgIpc) is 2.67. The lowest BCUT2D eigenvalue weighted by molar-refractivity contribution is 0.0525. The fourth-order valence-corrected chi connectivity index (χ4v) is 5.81. The molecule has 2 heterocycles. The molecule has 3 rings (SSSR count). The van der Waals surface area contributed by atoms with E-state index < -0.39 is 5.97 Å². The van der Waals surface area contributed by atoms with Gasteiger partial charge in [0.15, 0.2) is 0 Å². The molecule has 5 nitrogen and oxygen atoms in total. The van der Waals surface area contributed by atoms with Crippen molar-refractivity contribution >= 4 is 25.6 Å². The minimum Gasteiger partial charge on any atom is -0.462 e. The Labute approximate surface area is 164 Å². The van der Waals surface area contributed by atoms with Crippen molar-refractivity contribution in [2.75, 3.05) is 12.4 Å². The first-order valence-corrected chi connectivity index (χ1v) is 11.3. The normalized spacial score (nSPS) is 17.2. The maximum atomic E-state index is 11.6. The van der Waals surface area contributed by atoms with Crippen LogP contribution in [0.25, 0.3) is 0 Å². The van der Waals surface area contributed by atoms with Crippen LogP contribution >= 0.6 is 0 Å². The molecule has 0 saturated heterocycles. The molecule has 0 amide bonds. The van der Waals surface area contributed by atoms with Crippen molar-refractivity contribution in [1.29, 1.82) is 0 Å². The smallest absolute Gasteiger partial charge is 0.341 e. The van der Waals surface area contributed by atoms with Gasteiger partial charge >= 0.3 is 5.97 Å². The third-order valence-electron chi connectivity index (χ3n) is 4.43. The lowest BCUT2D eigenvalue weighted by Gasteiger charge is -2.33. The number of carbonyl (C=O) groups is 1. The van der Waals surface area contributed by atoms with Crippen LogP contribution in [0.3, 0.4) is 0 Å². The van der Waals surface area contributed by atoms with Crippen LogP contribution in [0.15, 0.2) is 35.5 Å². The quantitative estimate of drug-likeness (QED) is 0.573. The highest BCUT2D eigenvalue weighted by Crippen LogP contribution is 2.37. The van der Waals surface area contributed by atoms with E-state index in [1.807, 2.05) is 12.1 Å². The third-order valence-corrected chi connectivity index (χ3v) is 7.55. The Morgan fingerprint density at radius 2 is 2.04 bits per heavy atom. The molecule has 0 radical (unpaired) electrons. The summed E-state index contributed by atoms with van der Waals surface area (Å²) < 4.78 is 16.3. The topological polar surface area (TPSA) is 69.2 Å². The van der Waals surface area contributed by atoms with Gasteiger partial charge in [0.25, 0.3) is 0 Å². The van der Waals surface area contributed by atoms with E-state index in [9.17, 15) is 9.00 Å². The van der Waals surface area contributed by atoms with Gasteiger partial charge in [0.2, 0.25) is 5.82 Å². The second kappa shape index (κ2) is 8.15. The summed E-state index contributed by atoms with van der Waals surface area (Å²) in [5.74, 6) is 6.84. The minimum absolute atomic E-state index is 0.0318. The maximum absolute atomic E-state index is 11.6. The van der Waals surface area contributed by atoms with E-state index in [0.717, 1.165) is 22.6 Å². The third kappa shape index (κ3) is 4.34. The molecule has 0 aliphatic carbocycles. The Morgan fingerprint density at radius 3 is 2.70 bits per heavy atom. The predicted octanol–water partition coefficient (Wildman–Crippen LogP) is 2.84. The number of ether oxygens (including phenoxy) is 1. The second-order valence-electron chi connectivity index (χ2n) is 6.73. The predicted molar refractivity (Wildman–Crippen MR) is 107 cm³/mol. The molecule has 27 heavy (non-hydrogen) atoms. The van der Waals surface area contributed by atoms with Gasteiger partial charge in [0.05, 0.1) is 12.2 Å². The number of nitrogens with zero attached hydrogens (tertiary/aromatic N) is 2. The van der Waals surface area contributed by atoms with Crippen molar-refractivity contribution in [2.24, 2.45) is 0 Å². The molecule has 1 aliphatic rings. The van der Waals surface area contributed by atoms with Crippen molar-refractivity contribution in [3.63, 3.8) is 0 Å². The van der Waals surface area contributed by atoms with E-state index in [4.69, 9.17) is 4.74 Å². The average molecular weight is 401 g/mol. The highest BCUT2D eigenvalue weighted by Gasteiger charge is 2.30. The van der Waals surface area contributed by atoms with Crippen LogP contribution in [0.2, 0.25) is 0 Å². The zero-order valence-corrected chi connectivity index (χ0v) is 17.1. The van der Waals surface area contributed by atoms with E-state index in [1.165, 1.54) is 18.0 Å². The van der Waals surface area contributed by atoms with E-state index in [1.54, 1.807) is 6.92 Å². The number of benzene rings is 1. The van der Waals surface area contributed by atoms with E-state index >= 15 is 0 Å². The number of rotatable bonds is 2. The second-order valence-corrected chi connectivity index (χ2v) is 10.0.